The molecule has 0 amide bonds. The zero-order valence-corrected chi connectivity index (χ0v) is 10.9. The summed E-state index contributed by atoms with van der Waals surface area (Å²) in [6.45, 7) is 2.32. The number of benzene rings is 1. The first kappa shape index (κ1) is 14.9. The second-order valence-corrected chi connectivity index (χ2v) is 4.30. The predicted molar refractivity (Wildman–Crippen MR) is 65.6 cm³/mol. The third kappa shape index (κ3) is 4.26. The largest absolute Gasteiger partial charge is 0.466 e. The molecule has 1 aromatic carbocycles. The van der Waals surface area contributed by atoms with Crippen LogP contribution in [0.1, 0.15) is 31.7 Å². The smallest absolute Gasteiger partial charge is 0.306 e. The molecule has 0 aliphatic heterocycles. The van der Waals surface area contributed by atoms with E-state index in [0.717, 1.165) is 25.0 Å². The Kier molecular flexibility index (Phi) is 6.05. The number of ether oxygens (including phenoxy) is 1. The molecule has 0 spiro atoms. The Bertz CT molecular complexity index is 422. The van der Waals surface area contributed by atoms with E-state index in [9.17, 15) is 13.6 Å². The molecule has 1 aromatic rings. The summed E-state index contributed by atoms with van der Waals surface area (Å²) in [7, 11) is 0. The van der Waals surface area contributed by atoms with Gasteiger partial charge in [-0.25, -0.2) is 8.78 Å². The van der Waals surface area contributed by atoms with Gasteiger partial charge >= 0.3 is 5.97 Å². The van der Waals surface area contributed by atoms with Gasteiger partial charge in [0.2, 0.25) is 0 Å². The quantitative estimate of drug-likeness (QED) is 0.447. The van der Waals surface area contributed by atoms with Crippen LogP contribution in [0.3, 0.4) is 0 Å². The average Bonchev–Trinajstić information content (AvgIpc) is 2.34. The molecule has 2 nitrogen and oxygen atoms in total. The third-order valence-corrected chi connectivity index (χ3v) is 2.77. The van der Waals surface area contributed by atoms with Crippen molar-refractivity contribution in [2.45, 2.75) is 32.6 Å². The van der Waals surface area contributed by atoms with Crippen molar-refractivity contribution in [1.29, 1.82) is 0 Å². The Labute approximate surface area is 110 Å². The van der Waals surface area contributed by atoms with Crippen LogP contribution in [0.4, 0.5) is 8.78 Å². The van der Waals surface area contributed by atoms with Crippen LogP contribution in [-0.4, -0.2) is 12.6 Å². The Balaban J connectivity index is 2.53. The molecule has 100 valence electrons. The van der Waals surface area contributed by atoms with E-state index in [2.05, 4.69) is 0 Å². The highest BCUT2D eigenvalue weighted by atomic mass is 35.5. The molecule has 0 bridgehead atoms. The van der Waals surface area contributed by atoms with Crippen molar-refractivity contribution in [3.63, 3.8) is 0 Å². The first-order valence-corrected chi connectivity index (χ1v) is 6.22. The molecule has 0 unspecified atom stereocenters. The number of hydrogen-bond acceptors (Lipinski definition) is 2. The van der Waals surface area contributed by atoms with E-state index in [4.69, 9.17) is 16.3 Å². The molecule has 0 saturated heterocycles. The molecule has 0 radical (unpaired) electrons. The van der Waals surface area contributed by atoms with Crippen molar-refractivity contribution in [3.05, 3.63) is 34.4 Å². The van der Waals surface area contributed by atoms with Crippen LogP contribution in [0.5, 0.6) is 0 Å². The van der Waals surface area contributed by atoms with Gasteiger partial charge in [-0.2, -0.15) is 0 Å². The van der Waals surface area contributed by atoms with Crippen LogP contribution in [0, 0.1) is 11.6 Å². The Morgan fingerprint density at radius 3 is 2.78 bits per heavy atom. The lowest BCUT2D eigenvalue weighted by Crippen LogP contribution is -2.08. The first-order valence-electron chi connectivity index (χ1n) is 5.84. The van der Waals surface area contributed by atoms with Gasteiger partial charge in [0.1, 0.15) is 11.6 Å². The average molecular weight is 277 g/mol. The van der Waals surface area contributed by atoms with Crippen molar-refractivity contribution >= 4 is 17.6 Å². The first-order chi connectivity index (χ1) is 8.56. The maximum atomic E-state index is 13.5. The number of carbonyl (C=O) groups is 1. The van der Waals surface area contributed by atoms with Crippen molar-refractivity contribution in [1.82, 2.24) is 0 Å². The monoisotopic (exact) mass is 276 g/mol. The van der Waals surface area contributed by atoms with Crippen LogP contribution in [0.2, 0.25) is 5.02 Å². The summed E-state index contributed by atoms with van der Waals surface area (Å²) in [5, 5.41) is -0.147. The zero-order chi connectivity index (χ0) is 13.5. The molecule has 0 saturated carbocycles. The Morgan fingerprint density at radius 1 is 1.39 bits per heavy atom. The fourth-order valence-electron chi connectivity index (χ4n) is 1.43. The van der Waals surface area contributed by atoms with Crippen LogP contribution in [0.25, 0.3) is 0 Å². The van der Waals surface area contributed by atoms with Crippen molar-refractivity contribution < 1.29 is 18.3 Å². The molecule has 0 heterocycles. The summed E-state index contributed by atoms with van der Waals surface area (Å²) in [4.78, 5) is 11.3. The summed E-state index contributed by atoms with van der Waals surface area (Å²) in [6.07, 6.45) is 1.59. The van der Waals surface area contributed by atoms with Gasteiger partial charge in [-0.15, -0.1) is 0 Å². The minimum Gasteiger partial charge on any atom is -0.466 e. The SMILES string of the molecule is CCCCOC(=O)CCc1c(F)ccc(Cl)c1F. The highest BCUT2D eigenvalue weighted by Crippen LogP contribution is 2.22. The van der Waals surface area contributed by atoms with E-state index in [1.54, 1.807) is 0 Å². The molecule has 0 aromatic heterocycles. The van der Waals surface area contributed by atoms with Crippen LogP contribution in [-0.2, 0) is 16.0 Å². The normalized spacial score (nSPS) is 10.4. The van der Waals surface area contributed by atoms with Gasteiger partial charge in [-0.3, -0.25) is 4.79 Å². The number of esters is 1. The summed E-state index contributed by atoms with van der Waals surface area (Å²) in [5.41, 5.74) is -0.171. The van der Waals surface area contributed by atoms with Gasteiger partial charge in [-0.1, -0.05) is 24.9 Å². The number of halogens is 3. The number of unbranched alkanes of at least 4 members (excludes halogenated alkanes) is 1. The van der Waals surface area contributed by atoms with E-state index in [0.29, 0.717) is 6.61 Å². The second-order valence-electron chi connectivity index (χ2n) is 3.90. The van der Waals surface area contributed by atoms with Crippen LogP contribution < -0.4 is 0 Å². The summed E-state index contributed by atoms with van der Waals surface area (Å²) in [5.74, 6) is -1.96. The highest BCUT2D eigenvalue weighted by Gasteiger charge is 2.14. The predicted octanol–water partition coefficient (Wildman–Crippen LogP) is 3.89. The Morgan fingerprint density at radius 2 is 2.11 bits per heavy atom. The van der Waals surface area contributed by atoms with Crippen LogP contribution >= 0.6 is 11.6 Å². The van der Waals surface area contributed by atoms with Gasteiger partial charge in [0.25, 0.3) is 0 Å². The van der Waals surface area contributed by atoms with Gasteiger partial charge in [-0.05, 0) is 25.0 Å². The topological polar surface area (TPSA) is 26.3 Å². The zero-order valence-electron chi connectivity index (χ0n) is 10.1. The lowest BCUT2D eigenvalue weighted by atomic mass is 10.1. The lowest BCUT2D eigenvalue weighted by molar-refractivity contribution is -0.143. The van der Waals surface area contributed by atoms with E-state index in [1.165, 1.54) is 0 Å². The Hall–Kier alpha value is -1.16. The molecular weight excluding hydrogens is 262 g/mol. The molecule has 5 heteroatoms. The van der Waals surface area contributed by atoms with Gasteiger partial charge < -0.3 is 4.74 Å². The molecular formula is C13H15ClF2O2. The third-order valence-electron chi connectivity index (χ3n) is 2.48. The fraction of sp³-hybridized carbons (Fsp3) is 0.462. The second kappa shape index (κ2) is 7.31. The fourth-order valence-corrected chi connectivity index (χ4v) is 1.60. The summed E-state index contributed by atoms with van der Waals surface area (Å²) < 4.78 is 31.7. The molecule has 1 rings (SSSR count). The summed E-state index contributed by atoms with van der Waals surface area (Å²) in [6, 6.07) is 2.23. The van der Waals surface area contributed by atoms with E-state index < -0.39 is 17.6 Å². The molecule has 0 aliphatic carbocycles. The molecule has 0 aliphatic rings. The van der Waals surface area contributed by atoms with E-state index >= 15 is 0 Å². The number of hydrogen-bond donors (Lipinski definition) is 0. The maximum absolute atomic E-state index is 13.5. The van der Waals surface area contributed by atoms with Crippen molar-refractivity contribution in [3.8, 4) is 0 Å². The molecule has 0 fully saturated rings. The van der Waals surface area contributed by atoms with E-state index in [-0.39, 0.29) is 23.4 Å². The van der Waals surface area contributed by atoms with Crippen molar-refractivity contribution in [2.24, 2.45) is 0 Å². The highest BCUT2D eigenvalue weighted by molar-refractivity contribution is 6.30. The maximum Gasteiger partial charge on any atom is 0.306 e. The lowest BCUT2D eigenvalue weighted by Gasteiger charge is -2.06. The van der Waals surface area contributed by atoms with Crippen molar-refractivity contribution in [2.75, 3.05) is 6.61 Å². The number of rotatable bonds is 6. The van der Waals surface area contributed by atoms with Gasteiger partial charge in [0, 0.05) is 12.0 Å². The molecule has 0 atom stereocenters. The summed E-state index contributed by atoms with van der Waals surface area (Å²) >= 11 is 5.55. The molecule has 0 N–H and O–H groups in total. The number of carbonyl (C=O) groups excluding carboxylic acids is 1. The standard InChI is InChI=1S/C13H15ClF2O2/c1-2-3-8-18-12(17)7-4-9-11(15)6-5-10(14)13(9)16/h5-6H,2-4,7-8H2,1H3. The van der Waals surface area contributed by atoms with Crippen LogP contribution in [0.15, 0.2) is 12.1 Å². The van der Waals surface area contributed by atoms with Gasteiger partial charge in [0.15, 0.2) is 0 Å². The molecule has 18 heavy (non-hydrogen) atoms. The minimum atomic E-state index is -0.807. The minimum absolute atomic E-state index is 0.0524. The van der Waals surface area contributed by atoms with Gasteiger partial charge in [0.05, 0.1) is 11.6 Å². The van der Waals surface area contributed by atoms with E-state index in [1.807, 2.05) is 6.92 Å².